The molecule has 1 aliphatic heterocycles. The number of carbonyl (C=O) groups is 1. The summed E-state index contributed by atoms with van der Waals surface area (Å²) in [5.74, 6) is -0.104. The normalized spacial score (nSPS) is 17.6. The summed E-state index contributed by atoms with van der Waals surface area (Å²) in [5.41, 5.74) is 4.29. The van der Waals surface area contributed by atoms with Gasteiger partial charge < -0.3 is 10.2 Å². The Bertz CT molecular complexity index is 875. The number of hydrogen-bond acceptors (Lipinski definition) is 3. The van der Waals surface area contributed by atoms with Gasteiger partial charge >= 0.3 is 0 Å². The van der Waals surface area contributed by atoms with Crippen LogP contribution in [-0.2, 0) is 24.3 Å². The molecule has 0 atom stereocenters. The van der Waals surface area contributed by atoms with E-state index < -0.39 is 5.41 Å². The fourth-order valence-corrected chi connectivity index (χ4v) is 4.45. The first-order valence-corrected chi connectivity index (χ1v) is 10.3. The van der Waals surface area contributed by atoms with E-state index in [9.17, 15) is 10.1 Å². The second kappa shape index (κ2) is 8.06. The topological polar surface area (TPSA) is 56.1 Å². The van der Waals surface area contributed by atoms with Crippen LogP contribution in [0.15, 0.2) is 48.5 Å². The Morgan fingerprint density at radius 1 is 1.04 bits per heavy atom. The highest BCUT2D eigenvalue weighted by Gasteiger charge is 2.39. The number of nitrogens with one attached hydrogen (secondary N) is 1. The van der Waals surface area contributed by atoms with Crippen LogP contribution in [0.3, 0.4) is 0 Å². The molecule has 0 radical (unpaired) electrons. The molecule has 1 heterocycles. The first-order valence-electron chi connectivity index (χ1n) is 10.3. The van der Waals surface area contributed by atoms with Gasteiger partial charge in [0.05, 0.1) is 6.07 Å². The van der Waals surface area contributed by atoms with Crippen molar-refractivity contribution in [3.63, 3.8) is 0 Å². The van der Waals surface area contributed by atoms with Crippen LogP contribution in [0.5, 0.6) is 0 Å². The number of benzene rings is 2. The number of carbonyl (C=O) groups excluding carboxylic acids is 1. The first-order chi connectivity index (χ1) is 13.7. The quantitative estimate of drug-likeness (QED) is 0.848. The second-order valence-electron chi connectivity index (χ2n) is 8.05. The van der Waals surface area contributed by atoms with E-state index in [2.05, 4.69) is 64.8 Å². The minimum Gasteiger partial charge on any atom is -0.367 e. The Morgan fingerprint density at radius 2 is 1.75 bits per heavy atom. The van der Waals surface area contributed by atoms with Crippen molar-refractivity contribution < 1.29 is 4.79 Å². The van der Waals surface area contributed by atoms with E-state index in [1.54, 1.807) is 0 Å². The molecular weight excluding hydrogens is 346 g/mol. The number of rotatable bonds is 5. The number of para-hydroxylation sites is 1. The summed E-state index contributed by atoms with van der Waals surface area (Å²) >= 11 is 0. The molecule has 1 saturated carbocycles. The minimum absolute atomic E-state index is 0.104. The lowest BCUT2D eigenvalue weighted by Crippen LogP contribution is -2.41. The SMILES string of the molecule is N#CC1(C(=O)NCc2ccc(CN3CCc4ccccc43)cc2)CCCCC1. The van der Waals surface area contributed by atoms with Crippen LogP contribution >= 0.6 is 0 Å². The van der Waals surface area contributed by atoms with Crippen molar-refractivity contribution in [2.24, 2.45) is 5.41 Å². The van der Waals surface area contributed by atoms with Gasteiger partial charge in [0.1, 0.15) is 5.41 Å². The van der Waals surface area contributed by atoms with Crippen molar-refractivity contribution in [3.05, 3.63) is 65.2 Å². The van der Waals surface area contributed by atoms with Crippen molar-refractivity contribution in [1.29, 1.82) is 5.26 Å². The predicted octanol–water partition coefficient (Wildman–Crippen LogP) is 4.34. The standard InChI is InChI=1S/C24H27N3O/c25-18-24(13-4-1-5-14-24)23(28)26-16-19-8-10-20(11-9-19)17-27-15-12-21-6-2-3-7-22(21)27/h2-3,6-11H,1,4-5,12-17H2,(H,26,28). The van der Waals surface area contributed by atoms with Crippen LogP contribution in [-0.4, -0.2) is 12.5 Å². The summed E-state index contributed by atoms with van der Waals surface area (Å²) < 4.78 is 0. The molecule has 0 bridgehead atoms. The summed E-state index contributed by atoms with van der Waals surface area (Å²) in [7, 11) is 0. The summed E-state index contributed by atoms with van der Waals surface area (Å²) in [6.07, 6.45) is 5.54. The number of nitriles is 1. The third-order valence-electron chi connectivity index (χ3n) is 6.19. The Kier molecular flexibility index (Phi) is 5.34. The van der Waals surface area contributed by atoms with Crippen LogP contribution in [0.1, 0.15) is 48.8 Å². The molecule has 1 fully saturated rings. The maximum absolute atomic E-state index is 12.6. The molecule has 2 aromatic rings. The number of amides is 1. The zero-order valence-corrected chi connectivity index (χ0v) is 16.3. The molecule has 1 amide bonds. The molecule has 0 aromatic heterocycles. The molecule has 2 aromatic carbocycles. The lowest BCUT2D eigenvalue weighted by atomic mass is 9.74. The monoisotopic (exact) mass is 373 g/mol. The predicted molar refractivity (Wildman–Crippen MR) is 111 cm³/mol. The van der Waals surface area contributed by atoms with E-state index in [-0.39, 0.29) is 5.91 Å². The van der Waals surface area contributed by atoms with Gasteiger partial charge in [-0.15, -0.1) is 0 Å². The zero-order chi connectivity index (χ0) is 19.4. The Morgan fingerprint density at radius 3 is 2.50 bits per heavy atom. The van der Waals surface area contributed by atoms with E-state index in [0.717, 1.165) is 44.3 Å². The molecule has 2 aliphatic rings. The molecule has 144 valence electrons. The molecule has 0 saturated heterocycles. The molecule has 1 aliphatic carbocycles. The van der Waals surface area contributed by atoms with Gasteiger partial charge in [-0.3, -0.25) is 4.79 Å². The largest absolute Gasteiger partial charge is 0.367 e. The first kappa shape index (κ1) is 18.6. The van der Waals surface area contributed by atoms with Gasteiger partial charge in [-0.1, -0.05) is 61.7 Å². The summed E-state index contributed by atoms with van der Waals surface area (Å²) in [6.45, 7) is 2.45. The van der Waals surface area contributed by atoms with Crippen molar-refractivity contribution in [2.45, 2.75) is 51.6 Å². The van der Waals surface area contributed by atoms with E-state index in [0.29, 0.717) is 19.4 Å². The summed E-state index contributed by atoms with van der Waals surface area (Å²) in [5, 5.41) is 12.5. The van der Waals surface area contributed by atoms with Gasteiger partial charge in [-0.25, -0.2) is 0 Å². The van der Waals surface area contributed by atoms with Crippen molar-refractivity contribution in [2.75, 3.05) is 11.4 Å². The molecule has 4 nitrogen and oxygen atoms in total. The van der Waals surface area contributed by atoms with Crippen LogP contribution in [0.4, 0.5) is 5.69 Å². The Hall–Kier alpha value is -2.80. The number of anilines is 1. The lowest BCUT2D eigenvalue weighted by Gasteiger charge is -2.29. The number of nitrogens with zero attached hydrogens (tertiary/aromatic N) is 2. The van der Waals surface area contributed by atoms with Crippen LogP contribution in [0, 0.1) is 16.7 Å². The van der Waals surface area contributed by atoms with Gasteiger partial charge in [0.2, 0.25) is 5.91 Å². The smallest absolute Gasteiger partial charge is 0.240 e. The second-order valence-corrected chi connectivity index (χ2v) is 8.05. The van der Waals surface area contributed by atoms with Crippen molar-refractivity contribution in [3.8, 4) is 6.07 Å². The van der Waals surface area contributed by atoms with Crippen LogP contribution in [0.2, 0.25) is 0 Å². The number of hydrogen-bond donors (Lipinski definition) is 1. The maximum atomic E-state index is 12.6. The Labute approximate surface area is 167 Å². The molecule has 4 heteroatoms. The molecule has 0 unspecified atom stereocenters. The molecule has 1 N–H and O–H groups in total. The summed E-state index contributed by atoms with van der Waals surface area (Å²) in [6, 6.07) is 19.4. The highest BCUT2D eigenvalue weighted by molar-refractivity contribution is 5.85. The van der Waals surface area contributed by atoms with E-state index >= 15 is 0 Å². The fourth-order valence-electron chi connectivity index (χ4n) is 4.45. The van der Waals surface area contributed by atoms with Gasteiger partial charge in [0.25, 0.3) is 0 Å². The van der Waals surface area contributed by atoms with Crippen molar-refractivity contribution in [1.82, 2.24) is 5.32 Å². The van der Waals surface area contributed by atoms with Gasteiger partial charge in [0, 0.05) is 25.3 Å². The average molecular weight is 374 g/mol. The molecule has 28 heavy (non-hydrogen) atoms. The Balaban J connectivity index is 1.34. The van der Waals surface area contributed by atoms with Gasteiger partial charge in [-0.05, 0) is 42.0 Å². The number of fused-ring (bicyclic) bond motifs is 1. The highest BCUT2D eigenvalue weighted by atomic mass is 16.2. The lowest BCUT2D eigenvalue weighted by molar-refractivity contribution is -0.129. The minimum atomic E-state index is -0.818. The van der Waals surface area contributed by atoms with Gasteiger partial charge in [-0.2, -0.15) is 5.26 Å². The van der Waals surface area contributed by atoms with Crippen molar-refractivity contribution >= 4 is 11.6 Å². The molecule has 4 rings (SSSR count). The average Bonchev–Trinajstić information content (AvgIpc) is 3.16. The third kappa shape index (κ3) is 3.75. The molecular formula is C24H27N3O. The molecule has 0 spiro atoms. The van der Waals surface area contributed by atoms with Gasteiger partial charge in [0.15, 0.2) is 0 Å². The highest BCUT2D eigenvalue weighted by Crippen LogP contribution is 2.36. The van der Waals surface area contributed by atoms with Crippen LogP contribution < -0.4 is 10.2 Å². The van der Waals surface area contributed by atoms with E-state index in [1.807, 2.05) is 0 Å². The fraction of sp³-hybridized carbons (Fsp3) is 0.417. The summed E-state index contributed by atoms with van der Waals surface area (Å²) in [4.78, 5) is 15.0. The van der Waals surface area contributed by atoms with Crippen LogP contribution in [0.25, 0.3) is 0 Å². The zero-order valence-electron chi connectivity index (χ0n) is 16.3. The third-order valence-corrected chi connectivity index (χ3v) is 6.19. The van der Waals surface area contributed by atoms with E-state index in [4.69, 9.17) is 0 Å². The van der Waals surface area contributed by atoms with E-state index in [1.165, 1.54) is 16.8 Å². The maximum Gasteiger partial charge on any atom is 0.240 e.